The molecule has 10 nitrogen and oxygen atoms in total. The van der Waals surface area contributed by atoms with Crippen LogP contribution in [-0.2, 0) is 42.9 Å². The van der Waals surface area contributed by atoms with Crippen molar-refractivity contribution in [1.82, 2.24) is 5.32 Å². The molecule has 0 spiro atoms. The molecule has 5 atom stereocenters. The number of rotatable bonds is 13. The van der Waals surface area contributed by atoms with Crippen molar-refractivity contribution in [3.05, 3.63) is 0 Å². The van der Waals surface area contributed by atoms with Gasteiger partial charge in [0.25, 0.3) is 0 Å². The Morgan fingerprint density at radius 3 is 1.97 bits per heavy atom. The first-order valence-electron chi connectivity index (χ1n) is 11.2. The quantitative estimate of drug-likeness (QED) is 0.250. The van der Waals surface area contributed by atoms with Crippen LogP contribution in [0.4, 0.5) is 0 Å². The summed E-state index contributed by atoms with van der Waals surface area (Å²) < 4.78 is 27.7. The van der Waals surface area contributed by atoms with Gasteiger partial charge in [-0.1, -0.05) is 39.0 Å². The fraction of sp³-hybridized carbons (Fsp3) is 0.818. The van der Waals surface area contributed by atoms with Gasteiger partial charge >= 0.3 is 17.9 Å². The van der Waals surface area contributed by atoms with Crippen LogP contribution in [-0.4, -0.2) is 67.7 Å². The molecule has 1 amide bonds. The summed E-state index contributed by atoms with van der Waals surface area (Å²) in [6.07, 6.45) is 2.23. The maximum Gasteiger partial charge on any atom is 0.303 e. The molecule has 0 aromatic heterocycles. The van der Waals surface area contributed by atoms with Crippen molar-refractivity contribution < 1.29 is 42.9 Å². The van der Waals surface area contributed by atoms with E-state index in [1.807, 2.05) is 0 Å². The Morgan fingerprint density at radius 1 is 0.812 bits per heavy atom. The second-order valence-corrected chi connectivity index (χ2v) is 7.86. The van der Waals surface area contributed by atoms with Crippen LogP contribution in [0.3, 0.4) is 0 Å². The van der Waals surface area contributed by atoms with E-state index < -0.39 is 54.5 Å². The Labute approximate surface area is 189 Å². The van der Waals surface area contributed by atoms with Crippen LogP contribution in [0.1, 0.15) is 73.1 Å². The Hall–Kier alpha value is -2.20. The zero-order valence-electron chi connectivity index (χ0n) is 19.7. The summed E-state index contributed by atoms with van der Waals surface area (Å²) in [6, 6.07) is -0.922. The summed E-state index contributed by atoms with van der Waals surface area (Å²) in [4.78, 5) is 46.7. The van der Waals surface area contributed by atoms with Crippen LogP contribution < -0.4 is 5.32 Å². The second-order valence-electron chi connectivity index (χ2n) is 7.86. The number of amides is 1. The van der Waals surface area contributed by atoms with Crippen LogP contribution in [0.5, 0.6) is 0 Å². The Morgan fingerprint density at radius 2 is 1.41 bits per heavy atom. The van der Waals surface area contributed by atoms with E-state index in [0.717, 1.165) is 32.1 Å². The minimum Gasteiger partial charge on any atom is -0.463 e. The third-order valence-electron chi connectivity index (χ3n) is 4.85. The molecule has 32 heavy (non-hydrogen) atoms. The van der Waals surface area contributed by atoms with E-state index in [1.165, 1.54) is 34.1 Å². The van der Waals surface area contributed by atoms with E-state index in [9.17, 15) is 19.2 Å². The molecule has 1 aliphatic heterocycles. The molecule has 1 rings (SSSR count). The van der Waals surface area contributed by atoms with Crippen LogP contribution in [0.2, 0.25) is 0 Å². The topological polar surface area (TPSA) is 126 Å². The summed E-state index contributed by atoms with van der Waals surface area (Å²) in [6.45, 7) is 7.22. The minimum atomic E-state index is -1.11. The fourth-order valence-electron chi connectivity index (χ4n) is 3.52. The van der Waals surface area contributed by atoms with E-state index in [2.05, 4.69) is 12.2 Å². The van der Waals surface area contributed by atoms with Crippen LogP contribution in [0, 0.1) is 0 Å². The molecule has 1 fully saturated rings. The lowest BCUT2D eigenvalue weighted by Crippen LogP contribution is -2.66. The van der Waals surface area contributed by atoms with Gasteiger partial charge in [-0.05, 0) is 6.42 Å². The lowest BCUT2D eigenvalue weighted by Gasteiger charge is -2.44. The molecule has 0 saturated carbocycles. The van der Waals surface area contributed by atoms with Crippen LogP contribution in [0.25, 0.3) is 0 Å². The summed E-state index contributed by atoms with van der Waals surface area (Å²) in [5, 5.41) is 2.68. The summed E-state index contributed by atoms with van der Waals surface area (Å²) in [5.74, 6) is -2.22. The average molecular weight is 460 g/mol. The number of ether oxygens (including phenoxy) is 5. The first kappa shape index (κ1) is 27.8. The molecule has 0 aliphatic carbocycles. The third-order valence-corrected chi connectivity index (χ3v) is 4.85. The molecule has 184 valence electrons. The highest BCUT2D eigenvalue weighted by atomic mass is 16.7. The number of carbonyl (C=O) groups excluding carboxylic acids is 4. The van der Waals surface area contributed by atoms with Gasteiger partial charge in [-0.2, -0.15) is 0 Å². The molecule has 1 aliphatic rings. The number of hydrogen-bond acceptors (Lipinski definition) is 9. The smallest absolute Gasteiger partial charge is 0.303 e. The van der Waals surface area contributed by atoms with Gasteiger partial charge in [0, 0.05) is 34.3 Å². The number of carbonyl (C=O) groups is 4. The first-order valence-corrected chi connectivity index (χ1v) is 11.2. The third kappa shape index (κ3) is 10.4. The van der Waals surface area contributed by atoms with Gasteiger partial charge in [0.15, 0.2) is 18.5 Å². The normalized spacial score (nSPS) is 25.0. The van der Waals surface area contributed by atoms with Crippen molar-refractivity contribution in [2.75, 3.05) is 13.2 Å². The zero-order valence-corrected chi connectivity index (χ0v) is 19.7. The highest BCUT2D eigenvalue weighted by molar-refractivity contribution is 5.73. The number of nitrogens with one attached hydrogen (secondary N) is 1. The van der Waals surface area contributed by atoms with Crippen molar-refractivity contribution in [1.29, 1.82) is 0 Å². The Bertz CT molecular complexity index is 625. The van der Waals surface area contributed by atoms with Crippen molar-refractivity contribution in [2.45, 2.75) is 104 Å². The largest absolute Gasteiger partial charge is 0.463 e. The molecule has 0 bridgehead atoms. The molecule has 0 aromatic carbocycles. The van der Waals surface area contributed by atoms with Gasteiger partial charge in [-0.15, -0.1) is 0 Å². The SMILES string of the molecule is CCCCCCCCO[C@@H]1O[C@H](COC(C)=O)[C@H](OC(C)=O)[C@H](OC(C)=O)[C@H]1NC(C)=O. The summed E-state index contributed by atoms with van der Waals surface area (Å²) >= 11 is 0. The zero-order chi connectivity index (χ0) is 24.1. The lowest BCUT2D eigenvalue weighted by molar-refractivity contribution is -0.277. The minimum absolute atomic E-state index is 0.241. The van der Waals surface area contributed by atoms with Crippen molar-refractivity contribution in [3.63, 3.8) is 0 Å². The molecule has 10 heteroatoms. The first-order chi connectivity index (χ1) is 15.1. The molecule has 0 aromatic rings. The van der Waals surface area contributed by atoms with Gasteiger partial charge in [-0.3, -0.25) is 19.2 Å². The Kier molecular flexibility index (Phi) is 12.9. The van der Waals surface area contributed by atoms with Crippen LogP contribution >= 0.6 is 0 Å². The van der Waals surface area contributed by atoms with Crippen molar-refractivity contribution in [2.24, 2.45) is 0 Å². The van der Waals surface area contributed by atoms with Gasteiger partial charge in [0.1, 0.15) is 18.8 Å². The lowest BCUT2D eigenvalue weighted by atomic mass is 9.96. The van der Waals surface area contributed by atoms with E-state index in [0.29, 0.717) is 6.61 Å². The van der Waals surface area contributed by atoms with Crippen molar-refractivity contribution in [3.8, 4) is 0 Å². The molecular weight excluding hydrogens is 422 g/mol. The monoisotopic (exact) mass is 459 g/mol. The molecular formula is C22H37NO9. The van der Waals surface area contributed by atoms with Crippen LogP contribution in [0.15, 0.2) is 0 Å². The number of unbranched alkanes of at least 4 members (excludes halogenated alkanes) is 5. The molecule has 0 unspecified atom stereocenters. The molecule has 1 saturated heterocycles. The second kappa shape index (κ2) is 14.8. The summed E-state index contributed by atoms with van der Waals surface area (Å²) in [5.41, 5.74) is 0. The Balaban J connectivity index is 3.01. The number of esters is 3. The molecule has 1 heterocycles. The highest BCUT2D eigenvalue weighted by Gasteiger charge is 2.51. The van der Waals surface area contributed by atoms with Crippen molar-refractivity contribution >= 4 is 23.8 Å². The van der Waals surface area contributed by atoms with Gasteiger partial charge in [0.2, 0.25) is 5.91 Å². The van der Waals surface area contributed by atoms with E-state index >= 15 is 0 Å². The fourth-order valence-corrected chi connectivity index (χ4v) is 3.52. The van der Waals surface area contributed by atoms with Gasteiger partial charge < -0.3 is 29.0 Å². The molecule has 0 radical (unpaired) electrons. The van der Waals surface area contributed by atoms with Gasteiger partial charge in [0.05, 0.1) is 0 Å². The average Bonchev–Trinajstić information content (AvgIpc) is 2.68. The standard InChI is InChI=1S/C22H37NO9/c1-6-7-8-9-10-11-12-28-22-19(23-14(2)24)21(31-17(5)27)20(30-16(4)26)18(32-22)13-29-15(3)25/h18-22H,6-13H2,1-5H3,(H,23,24)/t18-,19-,20+,21-,22-/m1/s1. The highest BCUT2D eigenvalue weighted by Crippen LogP contribution is 2.28. The van der Waals surface area contributed by atoms with Gasteiger partial charge in [-0.25, -0.2) is 0 Å². The van der Waals surface area contributed by atoms with E-state index in [4.69, 9.17) is 23.7 Å². The maximum absolute atomic E-state index is 11.9. The van der Waals surface area contributed by atoms with E-state index in [1.54, 1.807) is 0 Å². The number of hydrogen-bond donors (Lipinski definition) is 1. The predicted octanol–water partition coefficient (Wildman–Crippen LogP) is 2.02. The molecule has 1 N–H and O–H groups in total. The predicted molar refractivity (Wildman–Crippen MR) is 113 cm³/mol. The maximum atomic E-state index is 11.9. The summed E-state index contributed by atoms with van der Waals surface area (Å²) in [7, 11) is 0. The van der Waals surface area contributed by atoms with E-state index in [-0.39, 0.29) is 6.61 Å².